The van der Waals surface area contributed by atoms with Crippen molar-refractivity contribution in [1.82, 2.24) is 0 Å². The molecule has 0 fully saturated rings. The zero-order chi connectivity index (χ0) is 9.61. The molecule has 0 aliphatic heterocycles. The molecule has 0 heterocycles. The van der Waals surface area contributed by atoms with Gasteiger partial charge in [0.1, 0.15) is 0 Å². The fourth-order valence-corrected chi connectivity index (χ4v) is 1.07. The van der Waals surface area contributed by atoms with Crippen molar-refractivity contribution in [3.8, 4) is 0 Å². The fraction of sp³-hybridized carbons (Fsp3) is 0.917. The van der Waals surface area contributed by atoms with Gasteiger partial charge in [0.25, 0.3) is 0 Å². The van der Waals surface area contributed by atoms with E-state index < -0.39 is 0 Å². The Morgan fingerprint density at radius 2 is 1.83 bits per heavy atom. The zero-order valence-electron chi connectivity index (χ0n) is 9.48. The second-order valence-corrected chi connectivity index (χ2v) is 4.93. The first-order valence-electron chi connectivity index (χ1n) is 5.30. The van der Waals surface area contributed by atoms with E-state index in [1.54, 1.807) is 0 Å². The number of hydrogen-bond donors (Lipinski definition) is 0. The summed E-state index contributed by atoms with van der Waals surface area (Å²) in [5.74, 6) is 0.814. The lowest BCUT2D eigenvalue weighted by Crippen LogP contribution is -2.17. The molecule has 0 nitrogen and oxygen atoms in total. The molecule has 0 heteroatoms. The van der Waals surface area contributed by atoms with Gasteiger partial charge in [-0.15, -0.1) is 0 Å². The van der Waals surface area contributed by atoms with Crippen molar-refractivity contribution in [1.29, 1.82) is 0 Å². The largest absolute Gasteiger partial charge is 0.0654 e. The Hall–Kier alpha value is 0. The van der Waals surface area contributed by atoms with Crippen molar-refractivity contribution in [2.45, 2.75) is 60.3 Å². The topological polar surface area (TPSA) is 0 Å². The van der Waals surface area contributed by atoms with E-state index in [9.17, 15) is 0 Å². The Kier molecular flexibility index (Phi) is 5.61. The Morgan fingerprint density at radius 1 is 1.25 bits per heavy atom. The molecule has 12 heavy (non-hydrogen) atoms. The van der Waals surface area contributed by atoms with Crippen molar-refractivity contribution < 1.29 is 0 Å². The molecule has 1 unspecified atom stereocenters. The van der Waals surface area contributed by atoms with Gasteiger partial charge in [-0.1, -0.05) is 53.9 Å². The van der Waals surface area contributed by atoms with Gasteiger partial charge < -0.3 is 0 Å². The van der Waals surface area contributed by atoms with E-state index in [1.165, 1.54) is 25.7 Å². The van der Waals surface area contributed by atoms with Crippen LogP contribution in [-0.2, 0) is 0 Å². The van der Waals surface area contributed by atoms with E-state index in [1.807, 2.05) is 0 Å². The predicted octanol–water partition coefficient (Wildman–Crippen LogP) is 4.45. The Bertz CT molecular complexity index is 97.1. The monoisotopic (exact) mass is 169 g/mol. The van der Waals surface area contributed by atoms with E-state index in [4.69, 9.17) is 0 Å². The first kappa shape index (κ1) is 12.0. The average molecular weight is 169 g/mol. The Morgan fingerprint density at radius 3 is 2.25 bits per heavy atom. The van der Waals surface area contributed by atoms with Crippen LogP contribution >= 0.6 is 0 Å². The maximum Gasteiger partial charge on any atom is -0.0357 e. The lowest BCUT2D eigenvalue weighted by atomic mass is 9.79. The highest BCUT2D eigenvalue weighted by molar-refractivity contribution is 4.76. The van der Waals surface area contributed by atoms with Crippen molar-refractivity contribution in [3.63, 3.8) is 0 Å². The average Bonchev–Trinajstić information content (AvgIpc) is 1.96. The van der Waals surface area contributed by atoms with E-state index in [-0.39, 0.29) is 0 Å². The maximum absolute atomic E-state index is 2.46. The maximum atomic E-state index is 2.46. The lowest BCUT2D eigenvalue weighted by molar-refractivity contribution is 0.256. The second kappa shape index (κ2) is 5.61. The summed E-state index contributed by atoms with van der Waals surface area (Å²) in [5, 5.41) is 0. The number of rotatable bonds is 5. The molecule has 0 aromatic rings. The summed E-state index contributed by atoms with van der Waals surface area (Å²) in [6.45, 7) is 11.6. The summed E-state index contributed by atoms with van der Waals surface area (Å²) in [4.78, 5) is 0. The molecule has 0 aromatic heterocycles. The second-order valence-electron chi connectivity index (χ2n) is 4.93. The van der Waals surface area contributed by atoms with Crippen LogP contribution in [0.4, 0.5) is 0 Å². The van der Waals surface area contributed by atoms with Crippen LogP contribution in [0.25, 0.3) is 0 Å². The summed E-state index contributed by atoms with van der Waals surface area (Å²) in [5.41, 5.74) is 0.475. The van der Waals surface area contributed by atoms with Crippen LogP contribution < -0.4 is 0 Å². The van der Waals surface area contributed by atoms with Crippen molar-refractivity contribution in [2.24, 2.45) is 11.3 Å². The molecule has 0 aliphatic rings. The molecule has 0 saturated heterocycles. The van der Waals surface area contributed by atoms with Crippen LogP contribution in [0.3, 0.4) is 0 Å². The van der Waals surface area contributed by atoms with Gasteiger partial charge in [0.15, 0.2) is 0 Å². The van der Waals surface area contributed by atoms with Gasteiger partial charge in [-0.2, -0.15) is 0 Å². The first-order chi connectivity index (χ1) is 5.48. The summed E-state index contributed by atoms with van der Waals surface area (Å²) in [7, 11) is 0. The van der Waals surface area contributed by atoms with E-state index in [0.29, 0.717) is 5.41 Å². The van der Waals surface area contributed by atoms with Gasteiger partial charge in [0, 0.05) is 0 Å². The minimum Gasteiger partial charge on any atom is -0.0654 e. The van der Waals surface area contributed by atoms with Gasteiger partial charge in [0.05, 0.1) is 0 Å². The third-order valence-electron chi connectivity index (χ3n) is 2.76. The molecule has 0 saturated carbocycles. The molecule has 1 radical (unpaired) electrons. The van der Waals surface area contributed by atoms with Gasteiger partial charge in [-0.25, -0.2) is 0 Å². The van der Waals surface area contributed by atoms with Gasteiger partial charge >= 0.3 is 0 Å². The summed E-state index contributed by atoms with van der Waals surface area (Å²) >= 11 is 0. The van der Waals surface area contributed by atoms with Crippen LogP contribution in [0.2, 0.25) is 0 Å². The van der Waals surface area contributed by atoms with Crippen molar-refractivity contribution >= 4 is 0 Å². The minimum absolute atomic E-state index is 0.475. The quantitative estimate of drug-likeness (QED) is 0.533. The first-order valence-corrected chi connectivity index (χ1v) is 5.30. The highest BCUT2D eigenvalue weighted by atomic mass is 14.2. The third kappa shape index (κ3) is 5.62. The smallest absolute Gasteiger partial charge is 0.0357 e. The highest BCUT2D eigenvalue weighted by Gasteiger charge is 2.18. The van der Waals surface area contributed by atoms with Crippen LogP contribution in [-0.4, -0.2) is 0 Å². The Balaban J connectivity index is 3.38. The highest BCUT2D eigenvalue weighted by Crippen LogP contribution is 2.29. The van der Waals surface area contributed by atoms with Crippen LogP contribution in [0.15, 0.2) is 0 Å². The standard InChI is InChI=1S/C12H25/c1-6-7-8-9-10-11(2)12(3,4)5/h9,11H,6-8,10H2,1-5H3. The minimum atomic E-state index is 0.475. The predicted molar refractivity (Wildman–Crippen MR) is 57.1 cm³/mol. The van der Waals surface area contributed by atoms with Crippen molar-refractivity contribution in [3.05, 3.63) is 6.42 Å². The van der Waals surface area contributed by atoms with E-state index in [0.717, 1.165) is 5.92 Å². The molecule has 0 aromatic carbocycles. The SMILES string of the molecule is CCCC[CH]CC(C)C(C)(C)C. The van der Waals surface area contributed by atoms with Gasteiger partial charge in [-0.05, 0) is 24.2 Å². The van der Waals surface area contributed by atoms with Crippen LogP contribution in [0, 0.1) is 17.8 Å². The summed E-state index contributed by atoms with van der Waals surface area (Å²) < 4.78 is 0. The van der Waals surface area contributed by atoms with E-state index >= 15 is 0 Å². The van der Waals surface area contributed by atoms with Crippen molar-refractivity contribution in [2.75, 3.05) is 0 Å². The van der Waals surface area contributed by atoms with Gasteiger partial charge in [0.2, 0.25) is 0 Å². The molecule has 0 N–H and O–H groups in total. The Labute approximate surface area is 78.8 Å². The molecule has 73 valence electrons. The molecule has 0 amide bonds. The normalized spacial score (nSPS) is 14.8. The molecule has 1 atom stereocenters. The molecule has 0 spiro atoms. The van der Waals surface area contributed by atoms with Gasteiger partial charge in [-0.3, -0.25) is 0 Å². The van der Waals surface area contributed by atoms with Crippen LogP contribution in [0.5, 0.6) is 0 Å². The molecular weight excluding hydrogens is 144 g/mol. The lowest BCUT2D eigenvalue weighted by Gasteiger charge is -2.27. The third-order valence-corrected chi connectivity index (χ3v) is 2.76. The number of hydrogen-bond acceptors (Lipinski definition) is 0. The van der Waals surface area contributed by atoms with Crippen LogP contribution in [0.1, 0.15) is 60.3 Å². The molecular formula is C12H25. The van der Waals surface area contributed by atoms with E-state index in [2.05, 4.69) is 41.0 Å². The zero-order valence-corrected chi connectivity index (χ0v) is 9.48. The fourth-order valence-electron chi connectivity index (χ4n) is 1.07. The molecule has 0 bridgehead atoms. The molecule has 0 aliphatic carbocycles. The summed E-state index contributed by atoms with van der Waals surface area (Å²) in [6, 6.07) is 0. The number of unbranched alkanes of at least 4 members (excludes halogenated alkanes) is 3. The summed E-state index contributed by atoms with van der Waals surface area (Å²) in [6.07, 6.45) is 7.72. The molecule has 0 rings (SSSR count).